The van der Waals surface area contributed by atoms with Crippen LogP contribution in [-0.2, 0) is 19.1 Å². The molecule has 8 heteroatoms. The first-order valence-corrected chi connectivity index (χ1v) is 8.64. The standard InChI is InChI=1S/C15H22O7S/c1-4-5-8-15(11(3)16,14(18)19)22-23(20,21)13-9-12(17)7-6-10(13)2/h6-7,9,11,16-17H,4-5,8H2,1-3H3,(H,18,19). The van der Waals surface area contributed by atoms with Crippen LogP contribution in [0.25, 0.3) is 0 Å². The molecule has 23 heavy (non-hydrogen) atoms. The molecule has 0 aliphatic rings. The summed E-state index contributed by atoms with van der Waals surface area (Å²) in [7, 11) is -4.49. The fourth-order valence-electron chi connectivity index (χ4n) is 2.18. The van der Waals surface area contributed by atoms with Crippen LogP contribution in [0.3, 0.4) is 0 Å². The van der Waals surface area contributed by atoms with Gasteiger partial charge in [-0.1, -0.05) is 25.8 Å². The zero-order valence-electron chi connectivity index (χ0n) is 13.3. The van der Waals surface area contributed by atoms with Crippen molar-refractivity contribution >= 4 is 16.1 Å². The summed E-state index contributed by atoms with van der Waals surface area (Å²) in [5.74, 6) is -1.84. The van der Waals surface area contributed by atoms with Crippen molar-refractivity contribution in [3.63, 3.8) is 0 Å². The van der Waals surface area contributed by atoms with E-state index in [0.29, 0.717) is 18.4 Å². The van der Waals surface area contributed by atoms with Gasteiger partial charge in [-0.25, -0.2) is 8.98 Å². The Hall–Kier alpha value is -1.64. The molecule has 130 valence electrons. The summed E-state index contributed by atoms with van der Waals surface area (Å²) in [6, 6.07) is 3.67. The molecule has 0 amide bonds. The van der Waals surface area contributed by atoms with E-state index < -0.39 is 27.8 Å². The molecule has 2 atom stereocenters. The van der Waals surface area contributed by atoms with E-state index in [1.807, 2.05) is 6.92 Å². The lowest BCUT2D eigenvalue weighted by atomic mass is 9.92. The molecule has 0 aromatic heterocycles. The molecule has 1 rings (SSSR count). The van der Waals surface area contributed by atoms with Crippen molar-refractivity contribution in [1.82, 2.24) is 0 Å². The van der Waals surface area contributed by atoms with Crippen LogP contribution < -0.4 is 0 Å². The number of aryl methyl sites for hydroxylation is 1. The third-order valence-electron chi connectivity index (χ3n) is 3.64. The number of phenolic OH excluding ortho intramolecular Hbond substituents is 1. The molecule has 0 heterocycles. The number of aliphatic hydroxyl groups is 1. The van der Waals surface area contributed by atoms with Gasteiger partial charge >= 0.3 is 5.97 Å². The van der Waals surface area contributed by atoms with Crippen LogP contribution in [0.4, 0.5) is 0 Å². The van der Waals surface area contributed by atoms with Crippen molar-refractivity contribution < 1.29 is 32.7 Å². The monoisotopic (exact) mass is 346 g/mol. The molecule has 1 aromatic carbocycles. The third-order valence-corrected chi connectivity index (χ3v) is 5.13. The molecule has 7 nitrogen and oxygen atoms in total. The van der Waals surface area contributed by atoms with Gasteiger partial charge in [0.1, 0.15) is 10.6 Å². The van der Waals surface area contributed by atoms with Crippen LogP contribution in [0.15, 0.2) is 23.1 Å². The Balaban J connectivity index is 3.35. The third kappa shape index (κ3) is 4.21. The Morgan fingerprint density at radius 1 is 1.39 bits per heavy atom. The maximum atomic E-state index is 12.5. The summed E-state index contributed by atoms with van der Waals surface area (Å²) in [6.45, 7) is 4.48. The van der Waals surface area contributed by atoms with Crippen LogP contribution in [-0.4, -0.2) is 41.4 Å². The van der Waals surface area contributed by atoms with Crippen LogP contribution in [0.1, 0.15) is 38.7 Å². The number of carboxylic acid groups (broad SMARTS) is 1. The number of phenols is 1. The van der Waals surface area contributed by atoms with Gasteiger partial charge in [-0.05, 0) is 31.9 Å². The number of benzene rings is 1. The number of hydrogen-bond donors (Lipinski definition) is 3. The highest BCUT2D eigenvalue weighted by Gasteiger charge is 2.48. The Kier molecular flexibility index (Phi) is 6.15. The van der Waals surface area contributed by atoms with E-state index >= 15 is 0 Å². The minimum atomic E-state index is -4.49. The van der Waals surface area contributed by atoms with Crippen molar-refractivity contribution in [3.05, 3.63) is 23.8 Å². The number of carboxylic acids is 1. The van der Waals surface area contributed by atoms with Gasteiger partial charge in [0.25, 0.3) is 10.1 Å². The maximum Gasteiger partial charge on any atom is 0.340 e. The fourth-order valence-corrected chi connectivity index (χ4v) is 3.68. The highest BCUT2D eigenvalue weighted by molar-refractivity contribution is 7.86. The SMILES string of the molecule is CCCCC(OS(=O)(=O)c1cc(O)ccc1C)(C(=O)O)C(C)O. The lowest BCUT2D eigenvalue weighted by Crippen LogP contribution is -2.51. The Bertz CT molecular complexity index is 666. The van der Waals surface area contributed by atoms with E-state index in [1.54, 1.807) is 0 Å². The van der Waals surface area contributed by atoms with Gasteiger partial charge in [-0.15, -0.1) is 0 Å². The maximum absolute atomic E-state index is 12.5. The van der Waals surface area contributed by atoms with Crippen molar-refractivity contribution in [2.45, 2.75) is 56.6 Å². The summed E-state index contributed by atoms with van der Waals surface area (Å²) < 4.78 is 30.0. The number of hydrogen-bond acceptors (Lipinski definition) is 6. The molecule has 0 saturated carbocycles. The first kappa shape index (κ1) is 19.4. The minimum Gasteiger partial charge on any atom is -0.508 e. The topological polar surface area (TPSA) is 121 Å². The molecule has 0 fully saturated rings. The molecule has 0 aliphatic heterocycles. The number of carbonyl (C=O) groups is 1. The minimum absolute atomic E-state index is 0.159. The van der Waals surface area contributed by atoms with E-state index in [2.05, 4.69) is 0 Å². The predicted molar refractivity (Wildman–Crippen MR) is 82.7 cm³/mol. The van der Waals surface area contributed by atoms with Gasteiger partial charge in [-0.3, -0.25) is 0 Å². The molecule has 1 aromatic rings. The van der Waals surface area contributed by atoms with Crippen molar-refractivity contribution in [1.29, 1.82) is 0 Å². The number of unbranched alkanes of at least 4 members (excludes halogenated alkanes) is 1. The Morgan fingerprint density at radius 3 is 2.48 bits per heavy atom. The highest BCUT2D eigenvalue weighted by atomic mass is 32.2. The van der Waals surface area contributed by atoms with Crippen LogP contribution >= 0.6 is 0 Å². The quantitative estimate of drug-likeness (QED) is 0.614. The van der Waals surface area contributed by atoms with E-state index in [0.717, 1.165) is 6.07 Å². The average molecular weight is 346 g/mol. The van der Waals surface area contributed by atoms with Crippen molar-refractivity contribution in [2.75, 3.05) is 0 Å². The van der Waals surface area contributed by atoms with Crippen molar-refractivity contribution in [3.8, 4) is 5.75 Å². The molecule has 3 N–H and O–H groups in total. The number of aliphatic hydroxyl groups excluding tert-OH is 1. The van der Waals surface area contributed by atoms with Crippen molar-refractivity contribution in [2.24, 2.45) is 0 Å². The van der Waals surface area contributed by atoms with Gasteiger partial charge in [0, 0.05) is 6.07 Å². The molecule has 0 radical (unpaired) electrons. The molecular formula is C15H22O7S. The predicted octanol–water partition coefficient (Wildman–Crippen LogP) is 1.80. The molecule has 0 spiro atoms. The summed E-state index contributed by atoms with van der Waals surface area (Å²) in [6.07, 6.45) is -0.728. The summed E-state index contributed by atoms with van der Waals surface area (Å²) >= 11 is 0. The summed E-state index contributed by atoms with van der Waals surface area (Å²) in [4.78, 5) is 11.3. The first-order chi connectivity index (χ1) is 10.6. The lowest BCUT2D eigenvalue weighted by Gasteiger charge is -2.31. The number of aromatic hydroxyl groups is 1. The second kappa shape index (κ2) is 7.29. The normalized spacial score (nSPS) is 15.8. The molecule has 0 bridgehead atoms. The molecular weight excluding hydrogens is 324 g/mol. The molecule has 0 saturated heterocycles. The van der Waals surface area contributed by atoms with E-state index in [-0.39, 0.29) is 17.1 Å². The Labute approximate surface area is 135 Å². The van der Waals surface area contributed by atoms with Gasteiger partial charge < -0.3 is 15.3 Å². The molecule has 2 unspecified atom stereocenters. The van der Waals surface area contributed by atoms with Gasteiger partial charge in [0.15, 0.2) is 0 Å². The van der Waals surface area contributed by atoms with E-state index in [9.17, 15) is 28.5 Å². The van der Waals surface area contributed by atoms with Gasteiger partial charge in [0.05, 0.1) is 6.10 Å². The lowest BCUT2D eigenvalue weighted by molar-refractivity contribution is -0.166. The summed E-state index contributed by atoms with van der Waals surface area (Å²) in [5, 5.41) is 28.8. The zero-order chi connectivity index (χ0) is 17.8. The average Bonchev–Trinajstić information content (AvgIpc) is 2.45. The highest BCUT2D eigenvalue weighted by Crippen LogP contribution is 2.31. The van der Waals surface area contributed by atoms with Crippen LogP contribution in [0.5, 0.6) is 5.75 Å². The van der Waals surface area contributed by atoms with E-state index in [4.69, 9.17) is 4.18 Å². The van der Waals surface area contributed by atoms with Gasteiger partial charge in [0.2, 0.25) is 5.60 Å². The number of rotatable bonds is 8. The summed E-state index contributed by atoms with van der Waals surface area (Å²) in [5.41, 5.74) is -1.98. The fraction of sp³-hybridized carbons (Fsp3) is 0.533. The zero-order valence-corrected chi connectivity index (χ0v) is 14.1. The van der Waals surface area contributed by atoms with Crippen LogP contribution in [0, 0.1) is 6.92 Å². The first-order valence-electron chi connectivity index (χ1n) is 7.23. The largest absolute Gasteiger partial charge is 0.508 e. The number of aliphatic carboxylic acids is 1. The van der Waals surface area contributed by atoms with Crippen LogP contribution in [0.2, 0.25) is 0 Å². The van der Waals surface area contributed by atoms with E-state index in [1.165, 1.54) is 26.0 Å². The second-order valence-electron chi connectivity index (χ2n) is 5.46. The smallest absolute Gasteiger partial charge is 0.340 e. The Morgan fingerprint density at radius 2 is 2.00 bits per heavy atom. The second-order valence-corrected chi connectivity index (χ2v) is 6.98. The molecule has 0 aliphatic carbocycles. The van der Waals surface area contributed by atoms with Gasteiger partial charge in [-0.2, -0.15) is 8.42 Å².